The van der Waals surface area contributed by atoms with Crippen molar-refractivity contribution in [3.63, 3.8) is 0 Å². The maximum Gasteiger partial charge on any atom is 0.252 e. The topological polar surface area (TPSA) is 84.2 Å². The number of halogens is 1. The van der Waals surface area contributed by atoms with Crippen molar-refractivity contribution in [1.29, 1.82) is 0 Å². The number of carbonyl (C=O) groups excluding carboxylic acids is 2. The molecule has 0 aromatic heterocycles. The van der Waals surface area contributed by atoms with E-state index in [9.17, 15) is 9.59 Å². The molecule has 1 aromatic carbocycles. The lowest BCUT2D eigenvalue weighted by Gasteiger charge is -2.17. The molecule has 6 heteroatoms. The van der Waals surface area contributed by atoms with E-state index in [0.29, 0.717) is 29.1 Å². The zero-order chi connectivity index (χ0) is 15.3. The van der Waals surface area contributed by atoms with Gasteiger partial charge in [-0.25, -0.2) is 0 Å². The number of hydrogen-bond donors (Lipinski definition) is 3. The molecule has 0 atom stereocenters. The van der Waals surface area contributed by atoms with E-state index in [2.05, 4.69) is 10.6 Å². The number of anilines is 1. The molecule has 0 aliphatic heterocycles. The molecule has 0 bridgehead atoms. The molecule has 0 heterocycles. The van der Waals surface area contributed by atoms with Crippen LogP contribution in [0.25, 0.3) is 0 Å². The molecule has 2 amide bonds. The molecule has 0 saturated carbocycles. The Bertz CT molecular complexity index is 510. The van der Waals surface area contributed by atoms with Gasteiger partial charge >= 0.3 is 0 Å². The predicted octanol–water partition coefficient (Wildman–Crippen LogP) is 2.16. The number of carbonyl (C=O) groups is 2. The summed E-state index contributed by atoms with van der Waals surface area (Å²) in [6.07, 6.45) is 0.899. The maximum atomic E-state index is 11.8. The third-order valence-corrected chi connectivity index (χ3v) is 3.05. The fourth-order valence-corrected chi connectivity index (χ4v) is 1.77. The summed E-state index contributed by atoms with van der Waals surface area (Å²) in [4.78, 5) is 23.4. The Labute approximate surface area is 123 Å². The average molecular weight is 298 g/mol. The minimum Gasteiger partial charge on any atom is -0.355 e. The summed E-state index contributed by atoms with van der Waals surface area (Å²) in [5.74, 6) is -0.442. The number of benzene rings is 1. The predicted molar refractivity (Wildman–Crippen MR) is 81.0 cm³/mol. The largest absolute Gasteiger partial charge is 0.355 e. The zero-order valence-corrected chi connectivity index (χ0v) is 12.7. The molecule has 4 N–H and O–H groups in total. The number of nitrogens with one attached hydrogen (secondary N) is 2. The molecule has 0 unspecified atom stereocenters. The van der Waals surface area contributed by atoms with Crippen LogP contribution in [-0.2, 0) is 4.79 Å². The number of hydrogen-bond acceptors (Lipinski definition) is 3. The first kappa shape index (κ1) is 16.5. The molecular formula is C14H20ClN3O2. The van der Waals surface area contributed by atoms with E-state index in [4.69, 9.17) is 17.3 Å². The third kappa shape index (κ3) is 5.19. The summed E-state index contributed by atoms with van der Waals surface area (Å²) in [5, 5.41) is 5.56. The molecular weight excluding hydrogens is 278 g/mol. The van der Waals surface area contributed by atoms with Gasteiger partial charge in [-0.05, 0) is 38.5 Å². The molecule has 20 heavy (non-hydrogen) atoms. The van der Waals surface area contributed by atoms with E-state index in [1.807, 2.05) is 13.8 Å². The maximum absolute atomic E-state index is 11.8. The van der Waals surface area contributed by atoms with E-state index in [0.717, 1.165) is 0 Å². The first-order valence-electron chi connectivity index (χ1n) is 6.33. The second-order valence-electron chi connectivity index (χ2n) is 5.31. The van der Waals surface area contributed by atoms with Crippen LogP contribution in [-0.4, -0.2) is 24.4 Å². The highest BCUT2D eigenvalue weighted by Crippen LogP contribution is 2.21. The first-order chi connectivity index (χ1) is 9.23. The third-order valence-electron chi connectivity index (χ3n) is 2.72. The van der Waals surface area contributed by atoms with Crippen molar-refractivity contribution in [3.05, 3.63) is 28.8 Å². The van der Waals surface area contributed by atoms with E-state index >= 15 is 0 Å². The van der Waals surface area contributed by atoms with Gasteiger partial charge in [-0.15, -0.1) is 0 Å². The van der Waals surface area contributed by atoms with Gasteiger partial charge in [0.25, 0.3) is 5.91 Å². The van der Waals surface area contributed by atoms with Gasteiger partial charge in [0, 0.05) is 24.7 Å². The lowest BCUT2D eigenvalue weighted by Crippen LogP contribution is -2.33. The van der Waals surface area contributed by atoms with Gasteiger partial charge in [0.05, 0.1) is 10.6 Å². The van der Waals surface area contributed by atoms with E-state index in [-0.39, 0.29) is 17.4 Å². The Morgan fingerprint density at radius 1 is 1.35 bits per heavy atom. The smallest absolute Gasteiger partial charge is 0.252 e. The van der Waals surface area contributed by atoms with Crippen LogP contribution in [0.4, 0.5) is 5.69 Å². The van der Waals surface area contributed by atoms with E-state index in [1.54, 1.807) is 18.2 Å². The van der Waals surface area contributed by atoms with Gasteiger partial charge in [0.2, 0.25) is 5.91 Å². The van der Waals surface area contributed by atoms with Crippen LogP contribution in [0.5, 0.6) is 0 Å². The zero-order valence-electron chi connectivity index (χ0n) is 11.9. The Balaban J connectivity index is 2.73. The molecule has 0 aliphatic carbocycles. The van der Waals surface area contributed by atoms with Crippen LogP contribution in [0, 0.1) is 0 Å². The lowest BCUT2D eigenvalue weighted by molar-refractivity contribution is -0.116. The van der Waals surface area contributed by atoms with Crippen molar-refractivity contribution in [2.24, 2.45) is 5.73 Å². The second-order valence-corrected chi connectivity index (χ2v) is 5.72. The van der Waals surface area contributed by atoms with Gasteiger partial charge in [0.15, 0.2) is 0 Å². The highest BCUT2D eigenvalue weighted by Gasteiger charge is 2.14. The Morgan fingerprint density at radius 2 is 2.00 bits per heavy atom. The Morgan fingerprint density at radius 3 is 2.55 bits per heavy atom. The van der Waals surface area contributed by atoms with Crippen LogP contribution in [0.2, 0.25) is 5.02 Å². The summed E-state index contributed by atoms with van der Waals surface area (Å²) < 4.78 is 0. The van der Waals surface area contributed by atoms with E-state index in [1.165, 1.54) is 7.05 Å². The van der Waals surface area contributed by atoms with Gasteiger partial charge in [0.1, 0.15) is 0 Å². The van der Waals surface area contributed by atoms with Crippen molar-refractivity contribution in [1.82, 2.24) is 5.32 Å². The normalized spacial score (nSPS) is 11.1. The van der Waals surface area contributed by atoms with Crippen LogP contribution in [0.15, 0.2) is 18.2 Å². The van der Waals surface area contributed by atoms with Crippen LogP contribution in [0.3, 0.4) is 0 Å². The quantitative estimate of drug-likeness (QED) is 0.778. The van der Waals surface area contributed by atoms with Crippen molar-refractivity contribution in [2.45, 2.75) is 32.2 Å². The highest BCUT2D eigenvalue weighted by molar-refractivity contribution is 6.34. The van der Waals surface area contributed by atoms with Crippen molar-refractivity contribution in [2.75, 3.05) is 12.4 Å². The molecule has 110 valence electrons. The monoisotopic (exact) mass is 297 g/mol. The van der Waals surface area contributed by atoms with Crippen molar-refractivity contribution in [3.8, 4) is 0 Å². The molecule has 1 aromatic rings. The minimum absolute atomic E-state index is 0.145. The molecule has 0 radical (unpaired) electrons. The first-order valence-corrected chi connectivity index (χ1v) is 6.71. The van der Waals surface area contributed by atoms with E-state index < -0.39 is 0 Å². The lowest BCUT2D eigenvalue weighted by atomic mass is 10.00. The molecule has 0 saturated heterocycles. The van der Waals surface area contributed by atoms with Crippen LogP contribution in [0.1, 0.15) is 37.0 Å². The standard InChI is InChI=1S/C14H20ClN3O2/c1-14(2,16)7-6-12(19)18-9-4-5-11(15)10(8-9)13(20)17-3/h4-5,8H,6-7,16H2,1-3H3,(H,17,20)(H,18,19). The summed E-state index contributed by atoms with van der Waals surface area (Å²) >= 11 is 5.94. The average Bonchev–Trinajstić information content (AvgIpc) is 2.37. The van der Waals surface area contributed by atoms with Gasteiger partial charge in [-0.3, -0.25) is 9.59 Å². The number of amides is 2. The van der Waals surface area contributed by atoms with Crippen molar-refractivity contribution < 1.29 is 9.59 Å². The van der Waals surface area contributed by atoms with Crippen molar-refractivity contribution >= 4 is 29.1 Å². The summed E-state index contributed by atoms with van der Waals surface area (Å²) in [5.41, 5.74) is 6.30. The highest BCUT2D eigenvalue weighted by atomic mass is 35.5. The number of nitrogens with two attached hydrogens (primary N) is 1. The van der Waals surface area contributed by atoms with Crippen LogP contribution >= 0.6 is 11.6 Å². The minimum atomic E-state index is -0.384. The molecule has 5 nitrogen and oxygen atoms in total. The van der Waals surface area contributed by atoms with Gasteiger partial charge in [-0.1, -0.05) is 11.6 Å². The fraction of sp³-hybridized carbons (Fsp3) is 0.429. The van der Waals surface area contributed by atoms with Gasteiger partial charge in [-0.2, -0.15) is 0 Å². The molecule has 0 aliphatic rings. The van der Waals surface area contributed by atoms with Crippen LogP contribution < -0.4 is 16.4 Å². The Kier molecular flexibility index (Phi) is 5.53. The second kappa shape index (κ2) is 6.72. The SMILES string of the molecule is CNC(=O)c1cc(NC(=O)CCC(C)(C)N)ccc1Cl. The molecule has 0 spiro atoms. The molecule has 0 fully saturated rings. The summed E-state index contributed by atoms with van der Waals surface area (Å²) in [7, 11) is 1.52. The molecule has 1 rings (SSSR count). The summed E-state index contributed by atoms with van der Waals surface area (Å²) in [6.45, 7) is 3.73. The van der Waals surface area contributed by atoms with Gasteiger partial charge < -0.3 is 16.4 Å². The Hall–Kier alpha value is -1.59. The fourth-order valence-electron chi connectivity index (χ4n) is 1.57. The number of rotatable bonds is 5. The summed E-state index contributed by atoms with van der Waals surface area (Å²) in [6, 6.07) is 4.78.